The molecule has 34 heavy (non-hydrogen) atoms. The number of aromatic nitrogens is 2. The molecule has 0 atom stereocenters. The molecule has 0 aromatic carbocycles. The van der Waals surface area contributed by atoms with E-state index in [0.717, 1.165) is 43.2 Å². The Morgan fingerprint density at radius 1 is 0.971 bits per heavy atom. The summed E-state index contributed by atoms with van der Waals surface area (Å²) in [6.45, 7) is 3.71. The van der Waals surface area contributed by atoms with E-state index < -0.39 is 17.5 Å². The number of fused-ring (bicyclic) bond motifs is 5. The molecular formula is C26H27N3O5. The van der Waals surface area contributed by atoms with Crippen LogP contribution in [0.25, 0.3) is 11.1 Å². The number of hydrogen-bond acceptors (Lipinski definition) is 8. The average molecular weight is 462 g/mol. The molecule has 1 saturated carbocycles. The molecule has 8 nitrogen and oxygen atoms in total. The summed E-state index contributed by atoms with van der Waals surface area (Å²) in [5, 5.41) is 0. The third-order valence-corrected chi connectivity index (χ3v) is 6.47. The molecule has 0 radical (unpaired) electrons. The standard InChI is InChI=1S/C26H27N3O5/c1-3-32-24(30)19-20(25(31)33-4-2)26(34-23(19)29-16-10-6-5-7-11-16)21-17(12-8-14-27-21)18-13-9-15-28-22(18)26/h8-9,12-16H,3-7,10-11H2,1-2H3. The van der Waals surface area contributed by atoms with Gasteiger partial charge in [-0.3, -0.25) is 9.97 Å². The first-order valence-corrected chi connectivity index (χ1v) is 11.9. The van der Waals surface area contributed by atoms with Crippen LogP contribution in [0.3, 0.4) is 0 Å². The van der Waals surface area contributed by atoms with E-state index in [2.05, 4.69) is 9.97 Å². The number of ether oxygens (including phenoxy) is 3. The molecule has 176 valence electrons. The van der Waals surface area contributed by atoms with Gasteiger partial charge in [0.2, 0.25) is 11.5 Å². The number of esters is 2. The van der Waals surface area contributed by atoms with Crippen LogP contribution >= 0.6 is 0 Å². The van der Waals surface area contributed by atoms with E-state index >= 15 is 0 Å². The monoisotopic (exact) mass is 461 g/mol. The molecule has 0 unspecified atom stereocenters. The van der Waals surface area contributed by atoms with E-state index in [4.69, 9.17) is 19.2 Å². The lowest BCUT2D eigenvalue weighted by atomic mass is 9.87. The van der Waals surface area contributed by atoms with Crippen molar-refractivity contribution in [3.8, 4) is 11.1 Å². The Hall–Kier alpha value is -3.55. The van der Waals surface area contributed by atoms with Crippen molar-refractivity contribution < 1.29 is 23.8 Å². The average Bonchev–Trinajstić information content (AvgIpc) is 3.34. The zero-order chi connectivity index (χ0) is 23.7. The van der Waals surface area contributed by atoms with Crippen molar-refractivity contribution in [1.82, 2.24) is 9.97 Å². The van der Waals surface area contributed by atoms with Gasteiger partial charge in [-0.15, -0.1) is 0 Å². The number of hydrogen-bond donors (Lipinski definition) is 0. The predicted molar refractivity (Wildman–Crippen MR) is 124 cm³/mol. The number of carbonyl (C=O) groups is 2. The van der Waals surface area contributed by atoms with Crippen molar-refractivity contribution in [2.75, 3.05) is 13.2 Å². The fourth-order valence-corrected chi connectivity index (χ4v) is 5.09. The molecule has 2 aromatic rings. The Labute approximate surface area is 198 Å². The molecule has 5 rings (SSSR count). The second-order valence-electron chi connectivity index (χ2n) is 8.50. The van der Waals surface area contributed by atoms with Crippen molar-refractivity contribution in [1.29, 1.82) is 0 Å². The van der Waals surface area contributed by atoms with Crippen LogP contribution in [-0.4, -0.2) is 47.1 Å². The highest BCUT2D eigenvalue weighted by Crippen LogP contribution is 2.55. The Balaban J connectivity index is 1.80. The lowest BCUT2D eigenvalue weighted by Crippen LogP contribution is -2.34. The highest BCUT2D eigenvalue weighted by molar-refractivity contribution is 6.24. The van der Waals surface area contributed by atoms with Gasteiger partial charge in [-0.05, 0) is 38.8 Å². The van der Waals surface area contributed by atoms with Crippen LogP contribution < -0.4 is 0 Å². The molecule has 0 saturated heterocycles. The van der Waals surface area contributed by atoms with Gasteiger partial charge in [0.25, 0.3) is 0 Å². The van der Waals surface area contributed by atoms with Gasteiger partial charge in [-0.1, -0.05) is 31.4 Å². The summed E-state index contributed by atoms with van der Waals surface area (Å²) in [4.78, 5) is 40.9. The van der Waals surface area contributed by atoms with E-state index in [1.807, 2.05) is 24.3 Å². The summed E-state index contributed by atoms with van der Waals surface area (Å²) in [5.74, 6) is -1.24. The van der Waals surface area contributed by atoms with Gasteiger partial charge in [0, 0.05) is 23.5 Å². The number of rotatable bonds is 5. The van der Waals surface area contributed by atoms with Gasteiger partial charge in [0.15, 0.2) is 0 Å². The number of aliphatic imine (C=N–C) groups is 1. The number of nitrogens with zero attached hydrogens (tertiary/aromatic N) is 3. The molecule has 3 aliphatic rings. The van der Waals surface area contributed by atoms with E-state index in [0.29, 0.717) is 11.4 Å². The minimum Gasteiger partial charge on any atom is -0.462 e. The molecule has 1 aliphatic heterocycles. The first-order valence-electron chi connectivity index (χ1n) is 11.9. The zero-order valence-electron chi connectivity index (χ0n) is 19.4. The Morgan fingerprint density at radius 3 is 2.15 bits per heavy atom. The van der Waals surface area contributed by atoms with Gasteiger partial charge in [-0.2, -0.15) is 0 Å². The Bertz CT molecular complexity index is 1150. The van der Waals surface area contributed by atoms with E-state index in [-0.39, 0.29) is 36.3 Å². The highest BCUT2D eigenvalue weighted by Gasteiger charge is 2.61. The first-order chi connectivity index (χ1) is 16.6. The minimum atomic E-state index is -1.53. The van der Waals surface area contributed by atoms with E-state index in [1.165, 1.54) is 0 Å². The fourth-order valence-electron chi connectivity index (χ4n) is 5.09. The third-order valence-electron chi connectivity index (χ3n) is 6.47. The first kappa shape index (κ1) is 22.3. The van der Waals surface area contributed by atoms with Gasteiger partial charge in [-0.25, -0.2) is 14.6 Å². The summed E-state index contributed by atoms with van der Waals surface area (Å²) < 4.78 is 17.4. The zero-order valence-corrected chi connectivity index (χ0v) is 19.4. The second kappa shape index (κ2) is 9.00. The van der Waals surface area contributed by atoms with E-state index in [1.54, 1.807) is 26.2 Å². The second-order valence-corrected chi connectivity index (χ2v) is 8.50. The third kappa shape index (κ3) is 3.40. The highest BCUT2D eigenvalue weighted by atomic mass is 16.6. The van der Waals surface area contributed by atoms with Crippen LogP contribution in [-0.2, 0) is 29.4 Å². The van der Waals surface area contributed by atoms with Crippen LogP contribution in [0.4, 0.5) is 0 Å². The van der Waals surface area contributed by atoms with Crippen LogP contribution in [0.15, 0.2) is 52.8 Å². The molecule has 1 fully saturated rings. The lowest BCUT2D eigenvalue weighted by Gasteiger charge is -2.27. The van der Waals surface area contributed by atoms with Crippen molar-refractivity contribution in [2.45, 2.75) is 57.6 Å². The number of carbonyl (C=O) groups excluding carboxylic acids is 2. The maximum atomic E-state index is 13.5. The lowest BCUT2D eigenvalue weighted by molar-refractivity contribution is -0.142. The maximum absolute atomic E-state index is 13.5. The van der Waals surface area contributed by atoms with Crippen molar-refractivity contribution in [3.05, 3.63) is 59.2 Å². The molecule has 0 N–H and O–H groups in total. The molecule has 8 heteroatoms. The van der Waals surface area contributed by atoms with Crippen molar-refractivity contribution in [3.63, 3.8) is 0 Å². The Kier molecular flexibility index (Phi) is 5.89. The molecule has 2 aromatic heterocycles. The van der Waals surface area contributed by atoms with E-state index in [9.17, 15) is 9.59 Å². The van der Waals surface area contributed by atoms with Crippen LogP contribution in [0.5, 0.6) is 0 Å². The minimum absolute atomic E-state index is 0.000388. The molecule has 0 bridgehead atoms. The van der Waals surface area contributed by atoms with Gasteiger partial charge in [0.1, 0.15) is 22.5 Å². The summed E-state index contributed by atoms with van der Waals surface area (Å²) in [6.07, 6.45) is 8.35. The summed E-state index contributed by atoms with van der Waals surface area (Å²) in [7, 11) is 0. The quantitative estimate of drug-likeness (QED) is 0.623. The normalized spacial score (nSPS) is 19.6. The van der Waals surface area contributed by atoms with Crippen molar-refractivity contribution >= 4 is 17.8 Å². The number of pyridine rings is 2. The molecule has 1 spiro atoms. The fraction of sp³-hybridized carbons (Fsp3) is 0.423. The SMILES string of the molecule is CCOC(=O)C1=C(C(=O)OCC)C2(OC1=NC1CCCCC1)c1ncccc1-c1cccnc12. The molecular weight excluding hydrogens is 434 g/mol. The molecule has 3 heterocycles. The molecule has 2 aliphatic carbocycles. The predicted octanol–water partition coefficient (Wildman–Crippen LogP) is 3.88. The maximum Gasteiger partial charge on any atom is 0.344 e. The van der Waals surface area contributed by atoms with Crippen LogP contribution in [0.1, 0.15) is 57.3 Å². The summed E-state index contributed by atoms with van der Waals surface area (Å²) in [5.41, 5.74) is 1.05. The molecule has 0 amide bonds. The van der Waals surface area contributed by atoms with Crippen LogP contribution in [0.2, 0.25) is 0 Å². The largest absolute Gasteiger partial charge is 0.462 e. The summed E-state index contributed by atoms with van der Waals surface area (Å²) in [6, 6.07) is 7.45. The van der Waals surface area contributed by atoms with Crippen LogP contribution in [0, 0.1) is 0 Å². The van der Waals surface area contributed by atoms with Gasteiger partial charge < -0.3 is 14.2 Å². The van der Waals surface area contributed by atoms with Gasteiger partial charge >= 0.3 is 11.9 Å². The van der Waals surface area contributed by atoms with Crippen molar-refractivity contribution in [2.24, 2.45) is 4.99 Å². The topological polar surface area (TPSA) is 100.0 Å². The van der Waals surface area contributed by atoms with Gasteiger partial charge in [0.05, 0.1) is 19.3 Å². The summed E-state index contributed by atoms with van der Waals surface area (Å²) >= 11 is 0. The smallest absolute Gasteiger partial charge is 0.344 e. The Morgan fingerprint density at radius 2 is 1.56 bits per heavy atom.